The molecule has 500 valence electrons. The number of aryl methyl sites for hydroxylation is 2. The van der Waals surface area contributed by atoms with Gasteiger partial charge in [0.2, 0.25) is 0 Å². The molecule has 0 saturated carbocycles. The predicted molar refractivity (Wildman–Crippen MR) is 429 cm³/mol. The molecule has 0 unspecified atom stereocenters. The van der Waals surface area contributed by atoms with Crippen molar-refractivity contribution in [3.05, 3.63) is 440 Å². The molecule has 0 atom stereocenters. The molecule has 15 rings (SSSR count). The van der Waals surface area contributed by atoms with Gasteiger partial charge in [0.25, 0.3) is 5.69 Å². The maximum Gasteiger partial charge on any atom is 0.270 e. The fourth-order valence-corrected chi connectivity index (χ4v) is 20.5. The second-order valence-corrected chi connectivity index (χ2v) is 31.7. The van der Waals surface area contributed by atoms with E-state index in [-0.39, 0.29) is 26.1 Å². The monoisotopic (exact) mass is 1480 g/mol. The van der Waals surface area contributed by atoms with Crippen molar-refractivity contribution < 1.29 is 34.6 Å². The van der Waals surface area contributed by atoms with Crippen LogP contribution in [0.5, 0.6) is 5.75 Å². The number of aromatic nitrogens is 1. The number of hydrogen-bond acceptors (Lipinski definition) is 5. The zero-order chi connectivity index (χ0) is 68.8. The van der Waals surface area contributed by atoms with Gasteiger partial charge in [-0.15, -0.1) is 0 Å². The molecule has 0 bridgehead atoms. The van der Waals surface area contributed by atoms with Crippen LogP contribution in [-0.2, 0) is 27.0 Å². The van der Waals surface area contributed by atoms with E-state index in [1.807, 2.05) is 30.3 Å². The first kappa shape index (κ1) is 73.6. The third kappa shape index (κ3) is 21.2. The van der Waals surface area contributed by atoms with E-state index in [1.165, 1.54) is 75.8 Å². The number of non-ortho nitro benzene ring substituents is 1. The third-order valence-corrected chi connectivity index (χ3v) is 25.7. The summed E-state index contributed by atoms with van der Waals surface area (Å²) < 4.78 is 11.1. The minimum absolute atomic E-state index is 0. The van der Waals surface area contributed by atoms with Gasteiger partial charge in [0.15, 0.2) is 0 Å². The Morgan fingerprint density at radius 2 is 0.525 bits per heavy atom. The summed E-state index contributed by atoms with van der Waals surface area (Å²) in [6, 6.07) is 144. The maximum atomic E-state index is 11.1. The Bertz CT molecular complexity index is 3930. The number of nitrogens with zero attached hydrogens (tertiary/aromatic N) is 2. The average Bonchev–Trinajstić information content (AvgIpc) is 1.80. The maximum absolute atomic E-state index is 11.1. The molecule has 0 N–H and O–H groups in total. The van der Waals surface area contributed by atoms with Crippen LogP contribution >= 0.6 is 31.7 Å². The molecule has 14 aromatic carbocycles. The van der Waals surface area contributed by atoms with Crippen LogP contribution in [0.15, 0.2) is 417 Å². The van der Waals surface area contributed by atoms with Crippen LogP contribution in [-0.4, -0.2) is 10.1 Å². The fourth-order valence-electron chi connectivity index (χ4n) is 11.3. The number of ether oxygens (including phenoxy) is 1. The standard InChI is InChI=1S/C18H16N2O4.4C18H15P.Pd/c1-12-18(13(2)24-19-12)16-10-15(20(21)22)8-9-17(16)23-11-14-6-4-3-5-7-14;4*1-4-10-16(11-5-1)19(17-12-6-2-7-13-17)18-14-8-3-9-15-18;/h3-10H,11H2,1-2H3;4*1-15H;. The van der Waals surface area contributed by atoms with Gasteiger partial charge in [0.1, 0.15) is 18.1 Å². The van der Waals surface area contributed by atoms with Gasteiger partial charge in [-0.1, -0.05) is 399 Å². The van der Waals surface area contributed by atoms with Crippen LogP contribution in [0.1, 0.15) is 17.0 Å². The van der Waals surface area contributed by atoms with E-state index in [0.29, 0.717) is 29.4 Å². The molecule has 0 aliphatic heterocycles. The molecular formula is C90H76N2O4P4Pd. The summed E-state index contributed by atoms with van der Waals surface area (Å²) in [4.78, 5) is 10.7. The van der Waals surface area contributed by atoms with Gasteiger partial charge >= 0.3 is 0 Å². The molecule has 0 fully saturated rings. The van der Waals surface area contributed by atoms with Crippen molar-refractivity contribution in [2.45, 2.75) is 20.5 Å². The van der Waals surface area contributed by atoms with E-state index in [2.05, 4.69) is 369 Å². The van der Waals surface area contributed by atoms with Crippen molar-refractivity contribution in [2.24, 2.45) is 0 Å². The van der Waals surface area contributed by atoms with Crippen molar-refractivity contribution in [3.8, 4) is 16.9 Å². The zero-order valence-electron chi connectivity index (χ0n) is 56.1. The molecule has 6 nitrogen and oxygen atoms in total. The number of hydrogen-bond donors (Lipinski definition) is 0. The summed E-state index contributed by atoms with van der Waals surface area (Å²) in [5.74, 6) is 1.15. The molecule has 11 heteroatoms. The van der Waals surface area contributed by atoms with Gasteiger partial charge in [-0.05, 0) is 121 Å². The summed E-state index contributed by atoms with van der Waals surface area (Å²) >= 11 is 0. The van der Waals surface area contributed by atoms with Crippen LogP contribution in [0, 0.1) is 24.0 Å². The number of nitro benzene ring substituents is 1. The van der Waals surface area contributed by atoms with E-state index in [1.54, 1.807) is 19.9 Å². The first-order chi connectivity index (χ1) is 49.4. The first-order valence-electron chi connectivity index (χ1n) is 33.1. The molecule has 15 aromatic rings. The normalized spacial score (nSPS) is 10.5. The smallest absolute Gasteiger partial charge is 0.270 e. The zero-order valence-corrected chi connectivity index (χ0v) is 61.2. The molecule has 101 heavy (non-hydrogen) atoms. The van der Waals surface area contributed by atoms with Gasteiger partial charge in [0, 0.05) is 38.1 Å². The summed E-state index contributed by atoms with van der Waals surface area (Å²) in [5.41, 5.74) is 3.01. The second-order valence-electron chi connectivity index (χ2n) is 22.8. The van der Waals surface area contributed by atoms with Crippen LogP contribution in [0.25, 0.3) is 11.1 Å². The topological polar surface area (TPSA) is 78.4 Å². The quantitative estimate of drug-likeness (QED) is 0.0393. The molecule has 1 aromatic heterocycles. The second kappa shape index (κ2) is 39.6. The Labute approximate surface area is 613 Å². The molecule has 0 saturated heterocycles. The average molecular weight is 1480 g/mol. The van der Waals surface area contributed by atoms with E-state index in [4.69, 9.17) is 9.26 Å². The van der Waals surface area contributed by atoms with E-state index in [9.17, 15) is 10.1 Å². The van der Waals surface area contributed by atoms with Gasteiger partial charge in [-0.25, -0.2) is 0 Å². The van der Waals surface area contributed by atoms with Crippen molar-refractivity contribution in [2.75, 3.05) is 0 Å². The van der Waals surface area contributed by atoms with Gasteiger partial charge < -0.3 is 9.26 Å². The van der Waals surface area contributed by atoms with Crippen LogP contribution < -0.4 is 68.4 Å². The van der Waals surface area contributed by atoms with Crippen LogP contribution in [0.4, 0.5) is 5.69 Å². The number of benzene rings is 14. The third-order valence-electron chi connectivity index (χ3n) is 15.9. The molecule has 0 radical (unpaired) electrons. The Hall–Kier alpha value is -10.1. The van der Waals surface area contributed by atoms with Crippen molar-refractivity contribution in [1.82, 2.24) is 5.16 Å². The first-order valence-corrected chi connectivity index (χ1v) is 38.4. The Balaban J connectivity index is 0.000000136. The molecule has 1 heterocycles. The van der Waals surface area contributed by atoms with E-state index >= 15 is 0 Å². The minimum atomic E-state index is -0.446. The fraction of sp³-hybridized carbons (Fsp3) is 0.0333. The van der Waals surface area contributed by atoms with Crippen molar-refractivity contribution in [1.29, 1.82) is 0 Å². The molecule has 0 amide bonds. The summed E-state index contributed by atoms with van der Waals surface area (Å²) in [5, 5.41) is 31.8. The largest absolute Gasteiger partial charge is 0.488 e. The van der Waals surface area contributed by atoms with E-state index in [0.717, 1.165) is 11.1 Å². The van der Waals surface area contributed by atoms with Gasteiger partial charge in [-0.3, -0.25) is 10.1 Å². The SMILES string of the molecule is Cc1noc(C)c1-c1cc([N+](=O)[O-])ccc1OCc1ccccc1.[Pd].c1ccc(P(c2ccccc2)c2ccccc2)cc1.c1ccc(P(c2ccccc2)c2ccccc2)cc1.c1ccc(P(c2ccccc2)c2ccccc2)cc1.c1ccc(P(c2ccccc2)c2ccccc2)cc1. The molecular weight excluding hydrogens is 1400 g/mol. The predicted octanol–water partition coefficient (Wildman–Crippen LogP) is 18.2. The Kier molecular flexibility index (Phi) is 28.9. The summed E-state index contributed by atoms with van der Waals surface area (Å²) in [6.07, 6.45) is 0. The molecule has 0 aliphatic rings. The van der Waals surface area contributed by atoms with Crippen molar-refractivity contribution in [3.63, 3.8) is 0 Å². The summed E-state index contributed by atoms with van der Waals surface area (Å²) in [7, 11) is -1.78. The minimum Gasteiger partial charge on any atom is -0.488 e. The molecule has 0 spiro atoms. The number of nitro groups is 1. The number of rotatable bonds is 17. The van der Waals surface area contributed by atoms with Gasteiger partial charge in [-0.2, -0.15) is 0 Å². The van der Waals surface area contributed by atoms with Crippen LogP contribution in [0.2, 0.25) is 0 Å². The Morgan fingerprint density at radius 1 is 0.317 bits per heavy atom. The summed E-state index contributed by atoms with van der Waals surface area (Å²) in [6.45, 7) is 3.94. The Morgan fingerprint density at radius 3 is 0.713 bits per heavy atom. The van der Waals surface area contributed by atoms with Gasteiger partial charge in [0.05, 0.1) is 16.2 Å². The molecule has 0 aliphatic carbocycles. The van der Waals surface area contributed by atoms with Crippen LogP contribution in [0.3, 0.4) is 0 Å². The van der Waals surface area contributed by atoms with Crippen molar-refractivity contribution >= 4 is 101 Å². The van der Waals surface area contributed by atoms with E-state index < -0.39 is 36.6 Å².